The summed E-state index contributed by atoms with van der Waals surface area (Å²) in [6, 6.07) is 76.7. The highest BCUT2D eigenvalue weighted by Crippen LogP contribution is 2.43. The van der Waals surface area contributed by atoms with Crippen molar-refractivity contribution in [3.63, 3.8) is 0 Å². The molecule has 1 nitrogen and oxygen atoms in total. The smallest absolute Gasteiger partial charge is 0.272 e. The van der Waals surface area contributed by atoms with E-state index in [4.69, 9.17) is 4.12 Å². The highest BCUT2D eigenvalue weighted by molar-refractivity contribution is 7.04. The van der Waals surface area contributed by atoms with E-state index in [1.54, 1.807) is 0 Å². The van der Waals surface area contributed by atoms with Gasteiger partial charge in [-0.3, -0.25) is 0 Å². The molecule has 0 amide bonds. The summed E-state index contributed by atoms with van der Waals surface area (Å²) in [5.41, 5.74) is 2.93. The molecule has 8 rings (SSSR count). The Hall–Kier alpha value is -5.33. The van der Waals surface area contributed by atoms with Crippen LogP contribution in [0.4, 0.5) is 0 Å². The molecule has 8 aromatic rings. The summed E-state index contributed by atoms with van der Waals surface area (Å²) < 4.78 is 8.44. The molecule has 0 saturated heterocycles. The van der Waals surface area contributed by atoms with Gasteiger partial charge in [0, 0.05) is 5.54 Å². The Morgan fingerprint density at radius 1 is 0.455 bits per heavy atom. The monoisotopic (exact) mass is 745 g/mol. The van der Waals surface area contributed by atoms with E-state index >= 15 is 0 Å². The minimum Gasteiger partial charge on any atom is -0.442 e. The molecule has 0 aliphatic rings. The van der Waals surface area contributed by atoms with Gasteiger partial charge in [0.2, 0.25) is 0 Å². The van der Waals surface area contributed by atoms with E-state index in [1.807, 2.05) is 0 Å². The van der Waals surface area contributed by atoms with Crippen molar-refractivity contribution in [2.45, 2.75) is 50.5 Å². The molecule has 0 bridgehead atoms. The second kappa shape index (κ2) is 17.4. The fourth-order valence-corrected chi connectivity index (χ4v) is 17.6. The normalized spacial score (nSPS) is 12.9. The van der Waals surface area contributed by atoms with Crippen LogP contribution >= 0.6 is 0 Å². The fraction of sp³-hybridized carbons (Fsp3) is 0.154. The van der Waals surface area contributed by atoms with Crippen LogP contribution in [0, 0.1) is 0 Å². The van der Waals surface area contributed by atoms with Crippen LogP contribution in [-0.4, -0.2) is 17.4 Å². The van der Waals surface area contributed by atoms with Gasteiger partial charge in [-0.2, -0.15) is 0 Å². The average Bonchev–Trinajstić information content (AvgIpc) is 3.26. The molecule has 0 aliphatic carbocycles. The second-order valence-electron chi connectivity index (χ2n) is 14.7. The molecule has 0 saturated carbocycles. The lowest BCUT2D eigenvalue weighted by Crippen LogP contribution is -2.70. The predicted molar refractivity (Wildman–Crippen MR) is 239 cm³/mol. The number of fused-ring (bicyclic) bond motifs is 2. The van der Waals surface area contributed by atoms with Gasteiger partial charge in [0.15, 0.2) is 0 Å². The van der Waals surface area contributed by atoms with Gasteiger partial charge < -0.3 is 4.12 Å². The first-order valence-corrected chi connectivity index (χ1v) is 23.4. The number of hydrogen-bond acceptors (Lipinski definition) is 1. The maximum atomic E-state index is 8.44. The summed E-state index contributed by atoms with van der Waals surface area (Å²) in [7, 11) is -4.98. The van der Waals surface area contributed by atoms with Crippen LogP contribution in [0.25, 0.3) is 21.5 Å². The Morgan fingerprint density at radius 2 is 0.891 bits per heavy atom. The van der Waals surface area contributed by atoms with Crippen molar-refractivity contribution in [3.8, 4) is 0 Å². The van der Waals surface area contributed by atoms with Gasteiger partial charge in [0.25, 0.3) is 17.4 Å². The van der Waals surface area contributed by atoms with Gasteiger partial charge in [0.1, 0.15) is 0 Å². The van der Waals surface area contributed by atoms with E-state index in [0.29, 0.717) is 5.92 Å². The van der Waals surface area contributed by atoms with E-state index in [9.17, 15) is 0 Å². The number of benzene rings is 8. The largest absolute Gasteiger partial charge is 0.442 e. The molecule has 8 aromatic carbocycles. The molecule has 0 aliphatic heterocycles. The second-order valence-corrected chi connectivity index (χ2v) is 20.7. The van der Waals surface area contributed by atoms with Crippen LogP contribution < -0.4 is 20.7 Å². The van der Waals surface area contributed by atoms with E-state index in [1.165, 1.54) is 72.7 Å². The molecule has 0 spiro atoms. The first-order valence-electron chi connectivity index (χ1n) is 20.0. The molecule has 0 aromatic heterocycles. The molecule has 2 unspecified atom stereocenters. The van der Waals surface area contributed by atoms with Gasteiger partial charge in [-0.1, -0.05) is 232 Å². The van der Waals surface area contributed by atoms with Gasteiger partial charge in [-0.25, -0.2) is 0 Å². The zero-order valence-electron chi connectivity index (χ0n) is 31.7. The minimum atomic E-state index is -3.23. The average molecular weight is 746 g/mol. The van der Waals surface area contributed by atoms with Crippen LogP contribution in [-0.2, 0) is 4.12 Å². The van der Waals surface area contributed by atoms with E-state index < -0.39 is 17.4 Å². The lowest BCUT2D eigenvalue weighted by molar-refractivity contribution is 0.498. The third-order valence-electron chi connectivity index (χ3n) is 11.4. The summed E-state index contributed by atoms with van der Waals surface area (Å²) in [6.07, 6.45) is 5.73. The van der Waals surface area contributed by atoms with Crippen molar-refractivity contribution >= 4 is 59.6 Å². The molecule has 3 heteroatoms. The van der Waals surface area contributed by atoms with Crippen molar-refractivity contribution in [2.24, 2.45) is 0 Å². The Kier molecular flexibility index (Phi) is 11.6. The van der Waals surface area contributed by atoms with Crippen LogP contribution in [0.15, 0.2) is 206 Å². The van der Waals surface area contributed by atoms with Gasteiger partial charge in [0.05, 0.1) is 0 Å². The Balaban J connectivity index is 1.44. The topological polar surface area (TPSA) is 9.23 Å². The summed E-state index contributed by atoms with van der Waals surface area (Å²) in [4.78, 5) is 0. The molecule has 271 valence electrons. The number of hydrogen-bond donors (Lipinski definition) is 0. The lowest BCUT2D eigenvalue weighted by atomic mass is 9.84. The summed E-state index contributed by atoms with van der Waals surface area (Å²) in [5.74, 6) is 0.327. The third kappa shape index (κ3) is 7.79. The molecule has 2 atom stereocenters. The summed E-state index contributed by atoms with van der Waals surface area (Å²) in [6.45, 7) is 2.32. The third-order valence-corrected chi connectivity index (χ3v) is 19.1. The molecule has 0 fully saturated rings. The van der Waals surface area contributed by atoms with Crippen LogP contribution in [0.1, 0.15) is 61.6 Å². The van der Waals surface area contributed by atoms with Crippen LogP contribution in [0.3, 0.4) is 0 Å². The highest BCUT2D eigenvalue weighted by atomic mass is 28.4. The van der Waals surface area contributed by atoms with Gasteiger partial charge in [-0.05, 0) is 72.2 Å². The Morgan fingerprint density at radius 3 is 1.42 bits per heavy atom. The quantitative estimate of drug-likeness (QED) is 0.0750. The Labute approximate surface area is 330 Å². The highest BCUT2D eigenvalue weighted by Gasteiger charge is 2.51. The maximum absolute atomic E-state index is 8.44. The lowest BCUT2D eigenvalue weighted by Gasteiger charge is -2.44. The number of rotatable bonds is 15. The zero-order chi connectivity index (χ0) is 37.3. The Bertz CT molecular complexity index is 2320. The predicted octanol–water partition coefficient (Wildman–Crippen LogP) is 11.0. The van der Waals surface area contributed by atoms with Crippen LogP contribution in [0.2, 0.25) is 0 Å². The SMILES string of the molecule is CCCCCC(CC(c1cccc2ccccc12)[Si](O[Si](c1ccccc1)c1ccccc1)(c1ccccc1)c1ccccc1)c1cccc2ccccc12. The van der Waals surface area contributed by atoms with Crippen molar-refractivity contribution in [2.75, 3.05) is 0 Å². The standard InChI is InChI=1S/C52H49OSi2/c1-2-3-8-25-43(50-38-21-26-41-23-17-19-36-48(41)50)40-52(51-39-22-27-42-24-18-20-37-49(42)51)55(46-32-13-6-14-33-46,47-34-15-7-16-35-47)53-54(44-28-9-4-10-29-44)45-30-11-5-12-31-45/h4-7,9-24,26-39,43,52H,2-3,8,25,40H2,1H3. The zero-order valence-corrected chi connectivity index (χ0v) is 33.7. The first-order chi connectivity index (χ1) is 27.3. The molecule has 0 N–H and O–H groups in total. The molecule has 1 radical (unpaired) electrons. The van der Waals surface area contributed by atoms with Crippen molar-refractivity contribution in [1.29, 1.82) is 0 Å². The van der Waals surface area contributed by atoms with Crippen LogP contribution in [0.5, 0.6) is 0 Å². The molecular formula is C52H49OSi2. The van der Waals surface area contributed by atoms with Crippen molar-refractivity contribution in [3.05, 3.63) is 217 Å². The van der Waals surface area contributed by atoms with Gasteiger partial charge >= 0.3 is 0 Å². The van der Waals surface area contributed by atoms with E-state index in [2.05, 4.69) is 213 Å². The first kappa shape index (κ1) is 36.6. The van der Waals surface area contributed by atoms with Gasteiger partial charge in [-0.15, -0.1) is 0 Å². The molecule has 55 heavy (non-hydrogen) atoms. The molecular weight excluding hydrogens is 697 g/mol. The van der Waals surface area contributed by atoms with Crippen molar-refractivity contribution < 1.29 is 4.12 Å². The number of unbranched alkanes of at least 4 members (excludes halogenated alkanes) is 2. The fourth-order valence-electron chi connectivity index (χ4n) is 8.75. The van der Waals surface area contributed by atoms with Crippen molar-refractivity contribution in [1.82, 2.24) is 0 Å². The minimum absolute atomic E-state index is 0.0846. The van der Waals surface area contributed by atoms with E-state index in [-0.39, 0.29) is 5.54 Å². The maximum Gasteiger partial charge on any atom is 0.272 e. The molecule has 0 heterocycles. The summed E-state index contributed by atoms with van der Waals surface area (Å²) in [5, 5.41) is 10.5. The van der Waals surface area contributed by atoms with E-state index in [0.717, 1.165) is 12.8 Å². The summed E-state index contributed by atoms with van der Waals surface area (Å²) >= 11 is 0.